The summed E-state index contributed by atoms with van der Waals surface area (Å²) in [7, 11) is 0. The predicted octanol–water partition coefficient (Wildman–Crippen LogP) is 0.752. The minimum Gasteiger partial charge on any atom is -0.350 e. The summed E-state index contributed by atoms with van der Waals surface area (Å²) in [5.74, 6) is 5.48. The summed E-state index contributed by atoms with van der Waals surface area (Å²) >= 11 is 1.57. The molecular weight excluding hydrogens is 264 g/mol. The highest BCUT2D eigenvalue weighted by molar-refractivity contribution is 7.09. The number of nitrogens with one attached hydrogen (secondary N) is 2. The lowest BCUT2D eigenvalue weighted by Gasteiger charge is -2.09. The zero-order chi connectivity index (χ0) is 13.7. The molecule has 2 aromatic rings. The minimum absolute atomic E-state index is 0.168. The Bertz CT molecular complexity index is 527. The second kappa shape index (κ2) is 6.21. The summed E-state index contributed by atoms with van der Waals surface area (Å²) in [6, 6.07) is 0. The van der Waals surface area contributed by atoms with E-state index >= 15 is 0 Å². The van der Waals surface area contributed by atoms with Crippen molar-refractivity contribution in [2.45, 2.75) is 12.8 Å². The lowest BCUT2D eigenvalue weighted by atomic mass is 10.2. The van der Waals surface area contributed by atoms with Gasteiger partial charge in [-0.15, -0.1) is 11.3 Å². The highest BCUT2D eigenvalue weighted by Gasteiger charge is 2.12. The Balaban J connectivity index is 1.90. The maximum absolute atomic E-state index is 11.8. The molecule has 4 N–H and O–H groups in total. The molecule has 0 saturated carbocycles. The predicted molar refractivity (Wildman–Crippen MR) is 72.7 cm³/mol. The molecule has 0 bridgehead atoms. The molecule has 0 fully saturated rings. The van der Waals surface area contributed by atoms with E-state index in [1.165, 1.54) is 12.4 Å². The van der Waals surface area contributed by atoms with Gasteiger partial charge >= 0.3 is 0 Å². The van der Waals surface area contributed by atoms with Gasteiger partial charge in [0.05, 0.1) is 17.4 Å². The molecule has 0 aliphatic heterocycles. The van der Waals surface area contributed by atoms with Crippen LogP contribution in [0.1, 0.15) is 28.3 Å². The van der Waals surface area contributed by atoms with Crippen molar-refractivity contribution in [3.8, 4) is 0 Å². The van der Waals surface area contributed by atoms with Crippen LogP contribution in [0.25, 0.3) is 0 Å². The van der Waals surface area contributed by atoms with Crippen LogP contribution in [0, 0.1) is 0 Å². The summed E-state index contributed by atoms with van der Waals surface area (Å²) < 4.78 is 0. The van der Waals surface area contributed by atoms with Crippen molar-refractivity contribution in [1.29, 1.82) is 0 Å². The van der Waals surface area contributed by atoms with Crippen molar-refractivity contribution in [2.75, 3.05) is 12.0 Å². The number of amides is 1. The second-order valence-electron chi connectivity index (χ2n) is 3.91. The van der Waals surface area contributed by atoms with Gasteiger partial charge in [-0.2, -0.15) is 0 Å². The Morgan fingerprint density at radius 1 is 1.42 bits per heavy atom. The van der Waals surface area contributed by atoms with Gasteiger partial charge in [-0.05, 0) is 0 Å². The van der Waals surface area contributed by atoms with Crippen LogP contribution in [0.4, 0.5) is 5.82 Å². The first-order valence-electron chi connectivity index (χ1n) is 5.67. The molecule has 0 aliphatic rings. The monoisotopic (exact) mass is 278 g/mol. The van der Waals surface area contributed by atoms with Gasteiger partial charge in [-0.3, -0.25) is 4.79 Å². The van der Waals surface area contributed by atoms with Gasteiger partial charge in [0.15, 0.2) is 5.82 Å². The van der Waals surface area contributed by atoms with Crippen LogP contribution >= 0.6 is 11.3 Å². The fraction of sp³-hybridized carbons (Fsp3) is 0.273. The van der Waals surface area contributed by atoms with Crippen molar-refractivity contribution in [2.24, 2.45) is 5.84 Å². The third kappa shape index (κ3) is 3.46. The number of nitrogens with zero attached hydrogens (tertiary/aromatic N) is 3. The first-order chi connectivity index (χ1) is 9.20. The molecule has 0 radical (unpaired) electrons. The Hall–Kier alpha value is -2.06. The number of rotatable bonds is 5. The van der Waals surface area contributed by atoms with Gasteiger partial charge in [-0.1, -0.05) is 6.92 Å². The summed E-state index contributed by atoms with van der Waals surface area (Å²) in [4.78, 5) is 23.9. The van der Waals surface area contributed by atoms with E-state index in [4.69, 9.17) is 5.84 Å². The van der Waals surface area contributed by atoms with Crippen LogP contribution in [0.3, 0.4) is 0 Å². The quantitative estimate of drug-likeness (QED) is 0.550. The van der Waals surface area contributed by atoms with Crippen molar-refractivity contribution >= 4 is 23.1 Å². The molecule has 0 aromatic carbocycles. The summed E-state index contributed by atoms with van der Waals surface area (Å²) in [6.45, 7) is 2.51. The summed E-state index contributed by atoms with van der Waals surface area (Å²) in [5.41, 5.74) is 2.60. The number of carbonyl (C=O) groups is 1. The maximum Gasteiger partial charge on any atom is 0.271 e. The second-order valence-corrected chi connectivity index (χ2v) is 4.84. The van der Waals surface area contributed by atoms with E-state index in [-0.39, 0.29) is 17.5 Å². The van der Waals surface area contributed by atoms with Crippen molar-refractivity contribution < 1.29 is 4.79 Å². The van der Waals surface area contributed by atoms with Crippen LogP contribution in [-0.4, -0.2) is 27.4 Å². The SMILES string of the molecule is CC(CNC(=O)c1cnc(NN)cn1)c1nccs1. The largest absolute Gasteiger partial charge is 0.350 e. The highest BCUT2D eigenvalue weighted by Crippen LogP contribution is 2.16. The van der Waals surface area contributed by atoms with E-state index in [1.54, 1.807) is 17.5 Å². The number of nitrogen functional groups attached to an aromatic ring is 1. The zero-order valence-electron chi connectivity index (χ0n) is 10.3. The van der Waals surface area contributed by atoms with Crippen LogP contribution in [0.15, 0.2) is 24.0 Å². The number of hydrazine groups is 1. The third-order valence-electron chi connectivity index (χ3n) is 2.47. The lowest BCUT2D eigenvalue weighted by molar-refractivity contribution is 0.0946. The van der Waals surface area contributed by atoms with E-state index in [0.717, 1.165) is 5.01 Å². The Labute approximate surface area is 114 Å². The van der Waals surface area contributed by atoms with Crippen LogP contribution in [-0.2, 0) is 0 Å². The van der Waals surface area contributed by atoms with Gasteiger partial charge in [0.1, 0.15) is 5.69 Å². The molecule has 0 aliphatic carbocycles. The summed E-state index contributed by atoms with van der Waals surface area (Å²) in [6.07, 6.45) is 4.53. The molecule has 7 nitrogen and oxygen atoms in total. The topological polar surface area (TPSA) is 106 Å². The zero-order valence-corrected chi connectivity index (χ0v) is 11.1. The fourth-order valence-electron chi connectivity index (χ4n) is 1.42. The van der Waals surface area contributed by atoms with Gasteiger partial charge < -0.3 is 10.7 Å². The fourth-order valence-corrected chi connectivity index (χ4v) is 2.12. The molecule has 0 saturated heterocycles. The van der Waals surface area contributed by atoms with Gasteiger partial charge in [-0.25, -0.2) is 20.8 Å². The van der Waals surface area contributed by atoms with Gasteiger partial charge in [0.25, 0.3) is 5.91 Å². The molecular formula is C11H14N6OS. The molecule has 1 atom stereocenters. The first-order valence-corrected chi connectivity index (χ1v) is 6.55. The number of anilines is 1. The number of nitrogens with two attached hydrogens (primary N) is 1. The summed E-state index contributed by atoms with van der Waals surface area (Å²) in [5, 5.41) is 5.71. The van der Waals surface area contributed by atoms with Crippen LogP contribution in [0.5, 0.6) is 0 Å². The van der Waals surface area contributed by atoms with E-state index in [2.05, 4.69) is 25.7 Å². The number of thiazole rings is 1. The smallest absolute Gasteiger partial charge is 0.271 e. The standard InChI is InChI=1S/C11H14N6OS/c1-7(11-13-2-3-19-11)4-16-10(18)8-5-15-9(17-12)6-14-8/h2-3,5-7H,4,12H2,1H3,(H,15,17)(H,16,18). The van der Waals surface area contributed by atoms with Crippen LogP contribution < -0.4 is 16.6 Å². The molecule has 19 heavy (non-hydrogen) atoms. The molecule has 1 unspecified atom stereocenters. The molecule has 2 aromatic heterocycles. The molecule has 2 heterocycles. The first kappa shape index (κ1) is 13.4. The van der Waals surface area contributed by atoms with Crippen LogP contribution in [0.2, 0.25) is 0 Å². The van der Waals surface area contributed by atoms with E-state index in [1.807, 2.05) is 12.3 Å². The van der Waals surface area contributed by atoms with Gasteiger partial charge in [0.2, 0.25) is 0 Å². The minimum atomic E-state index is -0.264. The number of hydrogen-bond acceptors (Lipinski definition) is 7. The third-order valence-corrected chi connectivity index (χ3v) is 3.48. The number of aromatic nitrogens is 3. The molecule has 0 spiro atoms. The molecule has 8 heteroatoms. The lowest BCUT2D eigenvalue weighted by Crippen LogP contribution is -2.28. The Kier molecular flexibility index (Phi) is 4.37. The van der Waals surface area contributed by atoms with Crippen molar-refractivity contribution in [3.05, 3.63) is 34.7 Å². The Morgan fingerprint density at radius 3 is 2.84 bits per heavy atom. The van der Waals surface area contributed by atoms with Crippen molar-refractivity contribution in [1.82, 2.24) is 20.3 Å². The molecule has 2 rings (SSSR count). The molecule has 1 amide bonds. The molecule has 100 valence electrons. The highest BCUT2D eigenvalue weighted by atomic mass is 32.1. The maximum atomic E-state index is 11.8. The van der Waals surface area contributed by atoms with E-state index in [9.17, 15) is 4.79 Å². The normalized spacial score (nSPS) is 11.9. The number of carbonyl (C=O) groups excluding carboxylic acids is 1. The number of hydrogen-bond donors (Lipinski definition) is 3. The van der Waals surface area contributed by atoms with Gasteiger partial charge in [0, 0.05) is 24.0 Å². The Morgan fingerprint density at radius 2 is 2.26 bits per heavy atom. The van der Waals surface area contributed by atoms with E-state index in [0.29, 0.717) is 12.4 Å². The average Bonchev–Trinajstić information content (AvgIpc) is 2.98. The average molecular weight is 278 g/mol. The van der Waals surface area contributed by atoms with E-state index < -0.39 is 0 Å². The van der Waals surface area contributed by atoms with Crippen molar-refractivity contribution in [3.63, 3.8) is 0 Å².